The zero-order chi connectivity index (χ0) is 22.1. The standard InChI is InChI=1S/C22H25BrCl2N2O2S/c1-3-9-26-22(29)15(2)27(12-16-5-4-6-18(23)10-16)21(28)14-30-13-17-7-8-19(24)11-20(17)25/h4-8,10-11,15H,3,9,12-14H2,1-2H3,(H,26,29)/t15-/m1/s1. The molecule has 0 saturated heterocycles. The molecule has 2 rings (SSSR count). The number of benzene rings is 2. The van der Waals surface area contributed by atoms with Gasteiger partial charge in [-0.1, -0.05) is 64.3 Å². The number of hydrogen-bond acceptors (Lipinski definition) is 3. The summed E-state index contributed by atoms with van der Waals surface area (Å²) < 4.78 is 0.933. The van der Waals surface area contributed by atoms with Crippen molar-refractivity contribution in [3.8, 4) is 0 Å². The first-order valence-electron chi connectivity index (χ1n) is 9.65. The summed E-state index contributed by atoms with van der Waals surface area (Å²) in [5.41, 5.74) is 1.88. The summed E-state index contributed by atoms with van der Waals surface area (Å²) in [6, 6.07) is 12.5. The SMILES string of the molecule is CCCNC(=O)[C@@H](C)N(Cc1cccc(Br)c1)C(=O)CSCc1ccc(Cl)cc1Cl. The minimum atomic E-state index is -0.567. The van der Waals surface area contributed by atoms with Crippen molar-refractivity contribution in [1.82, 2.24) is 10.2 Å². The van der Waals surface area contributed by atoms with E-state index in [4.69, 9.17) is 23.2 Å². The number of nitrogens with one attached hydrogen (secondary N) is 1. The Kier molecular flexibility index (Phi) is 10.5. The first-order chi connectivity index (χ1) is 14.3. The fourth-order valence-electron chi connectivity index (χ4n) is 2.78. The predicted molar refractivity (Wildman–Crippen MR) is 130 cm³/mol. The first-order valence-corrected chi connectivity index (χ1v) is 12.4. The molecular weight excluding hydrogens is 507 g/mol. The van der Waals surface area contributed by atoms with Gasteiger partial charge in [0.15, 0.2) is 0 Å². The topological polar surface area (TPSA) is 49.4 Å². The van der Waals surface area contributed by atoms with Crippen molar-refractivity contribution in [2.24, 2.45) is 0 Å². The second-order valence-electron chi connectivity index (χ2n) is 6.85. The number of rotatable bonds is 10. The van der Waals surface area contributed by atoms with Crippen molar-refractivity contribution in [2.45, 2.75) is 38.6 Å². The maximum Gasteiger partial charge on any atom is 0.242 e. The third-order valence-electron chi connectivity index (χ3n) is 4.46. The molecule has 1 N–H and O–H groups in total. The maximum absolute atomic E-state index is 13.0. The number of halogens is 3. The smallest absolute Gasteiger partial charge is 0.242 e. The van der Waals surface area contributed by atoms with Gasteiger partial charge in [-0.3, -0.25) is 9.59 Å². The quantitative estimate of drug-likeness (QED) is 0.413. The summed E-state index contributed by atoms with van der Waals surface area (Å²) >= 11 is 17.1. The number of carbonyl (C=O) groups is 2. The minimum Gasteiger partial charge on any atom is -0.354 e. The average molecular weight is 532 g/mol. The number of nitrogens with zero attached hydrogens (tertiary/aromatic N) is 1. The second kappa shape index (κ2) is 12.6. The summed E-state index contributed by atoms with van der Waals surface area (Å²) in [7, 11) is 0. The van der Waals surface area contributed by atoms with Gasteiger partial charge in [0.1, 0.15) is 6.04 Å². The van der Waals surface area contributed by atoms with E-state index in [1.165, 1.54) is 11.8 Å². The highest BCUT2D eigenvalue weighted by Crippen LogP contribution is 2.25. The van der Waals surface area contributed by atoms with Crippen molar-refractivity contribution in [1.29, 1.82) is 0 Å². The Balaban J connectivity index is 2.07. The van der Waals surface area contributed by atoms with Crippen molar-refractivity contribution in [3.05, 3.63) is 68.1 Å². The van der Waals surface area contributed by atoms with E-state index in [9.17, 15) is 9.59 Å². The van der Waals surface area contributed by atoms with E-state index in [0.29, 0.717) is 28.9 Å². The molecule has 0 spiro atoms. The molecule has 8 heteroatoms. The average Bonchev–Trinajstić information content (AvgIpc) is 2.71. The number of carbonyl (C=O) groups excluding carboxylic acids is 2. The van der Waals surface area contributed by atoms with Crippen LogP contribution in [0.3, 0.4) is 0 Å². The zero-order valence-electron chi connectivity index (χ0n) is 17.0. The second-order valence-corrected chi connectivity index (χ2v) is 9.59. The molecule has 0 bridgehead atoms. The number of thioether (sulfide) groups is 1. The first kappa shape index (κ1) is 25.1. The summed E-state index contributed by atoms with van der Waals surface area (Å²) in [4.78, 5) is 27.2. The molecule has 30 heavy (non-hydrogen) atoms. The highest BCUT2D eigenvalue weighted by Gasteiger charge is 2.25. The van der Waals surface area contributed by atoms with Crippen LogP contribution in [0.2, 0.25) is 10.0 Å². The van der Waals surface area contributed by atoms with E-state index in [0.717, 1.165) is 22.0 Å². The molecule has 0 fully saturated rings. The normalized spacial score (nSPS) is 11.8. The Hall–Kier alpha value is -1.21. The summed E-state index contributed by atoms with van der Waals surface area (Å²) in [5, 5.41) is 4.04. The van der Waals surface area contributed by atoms with Gasteiger partial charge in [0.25, 0.3) is 0 Å². The molecule has 2 aromatic carbocycles. The van der Waals surface area contributed by atoms with E-state index in [1.807, 2.05) is 37.3 Å². The fraction of sp³-hybridized carbons (Fsp3) is 0.364. The number of hydrogen-bond donors (Lipinski definition) is 1. The number of amides is 2. The summed E-state index contributed by atoms with van der Waals surface area (Å²) in [6.07, 6.45) is 0.843. The minimum absolute atomic E-state index is 0.0933. The van der Waals surface area contributed by atoms with Crippen molar-refractivity contribution in [3.63, 3.8) is 0 Å². The summed E-state index contributed by atoms with van der Waals surface area (Å²) in [5.74, 6) is 0.594. The van der Waals surface area contributed by atoms with Gasteiger partial charge in [0.2, 0.25) is 11.8 Å². The van der Waals surface area contributed by atoms with E-state index < -0.39 is 6.04 Å². The maximum atomic E-state index is 13.0. The lowest BCUT2D eigenvalue weighted by Gasteiger charge is -2.29. The molecule has 1 atom stereocenters. The lowest BCUT2D eigenvalue weighted by atomic mass is 10.1. The third kappa shape index (κ3) is 7.80. The van der Waals surface area contributed by atoms with Crippen molar-refractivity contribution >= 4 is 62.7 Å². The van der Waals surface area contributed by atoms with Gasteiger partial charge < -0.3 is 10.2 Å². The lowest BCUT2D eigenvalue weighted by Crippen LogP contribution is -2.48. The summed E-state index contributed by atoms with van der Waals surface area (Å²) in [6.45, 7) is 4.71. The van der Waals surface area contributed by atoms with Crippen LogP contribution in [0, 0.1) is 0 Å². The van der Waals surface area contributed by atoms with Crippen LogP contribution in [0.5, 0.6) is 0 Å². The van der Waals surface area contributed by atoms with E-state index in [1.54, 1.807) is 24.0 Å². The van der Waals surface area contributed by atoms with E-state index in [-0.39, 0.29) is 17.6 Å². The largest absolute Gasteiger partial charge is 0.354 e. The van der Waals surface area contributed by atoms with Gasteiger partial charge in [-0.05, 0) is 48.7 Å². The van der Waals surface area contributed by atoms with Gasteiger partial charge in [-0.2, -0.15) is 0 Å². The molecule has 0 aliphatic carbocycles. The molecule has 162 valence electrons. The predicted octanol–water partition coefficient (Wildman–Crippen LogP) is 5.93. The molecule has 4 nitrogen and oxygen atoms in total. The Morgan fingerprint density at radius 3 is 2.63 bits per heavy atom. The Morgan fingerprint density at radius 2 is 1.97 bits per heavy atom. The Bertz CT molecular complexity index is 882. The molecule has 0 saturated carbocycles. The van der Waals surface area contributed by atoms with Gasteiger partial charge in [0, 0.05) is 33.4 Å². The highest BCUT2D eigenvalue weighted by atomic mass is 79.9. The van der Waals surface area contributed by atoms with E-state index in [2.05, 4.69) is 21.2 Å². The Labute approximate surface area is 200 Å². The van der Waals surface area contributed by atoms with Crippen LogP contribution in [0.25, 0.3) is 0 Å². The molecule has 0 aliphatic rings. The molecule has 2 aromatic rings. The molecule has 0 unspecified atom stereocenters. The third-order valence-corrected chi connectivity index (χ3v) is 6.50. The van der Waals surface area contributed by atoms with Crippen LogP contribution in [-0.4, -0.2) is 35.1 Å². The Morgan fingerprint density at radius 1 is 1.20 bits per heavy atom. The van der Waals surface area contributed by atoms with Gasteiger partial charge >= 0.3 is 0 Å². The van der Waals surface area contributed by atoms with Crippen LogP contribution in [0.4, 0.5) is 0 Å². The zero-order valence-corrected chi connectivity index (χ0v) is 20.9. The monoisotopic (exact) mass is 530 g/mol. The molecule has 0 aliphatic heterocycles. The van der Waals surface area contributed by atoms with Crippen molar-refractivity contribution in [2.75, 3.05) is 12.3 Å². The van der Waals surface area contributed by atoms with Crippen LogP contribution in [0.1, 0.15) is 31.4 Å². The van der Waals surface area contributed by atoms with E-state index >= 15 is 0 Å². The molecule has 2 amide bonds. The van der Waals surface area contributed by atoms with Gasteiger partial charge in [0.05, 0.1) is 5.75 Å². The fourth-order valence-corrected chi connectivity index (χ4v) is 4.70. The molecule has 0 heterocycles. The lowest BCUT2D eigenvalue weighted by molar-refractivity contribution is -0.138. The molecule has 0 aromatic heterocycles. The van der Waals surface area contributed by atoms with Crippen LogP contribution in [-0.2, 0) is 21.9 Å². The molecular formula is C22H25BrCl2N2O2S. The van der Waals surface area contributed by atoms with Gasteiger partial charge in [-0.15, -0.1) is 11.8 Å². The van der Waals surface area contributed by atoms with Crippen LogP contribution in [0.15, 0.2) is 46.9 Å². The van der Waals surface area contributed by atoms with Gasteiger partial charge in [-0.25, -0.2) is 0 Å². The molecule has 0 radical (unpaired) electrons. The van der Waals surface area contributed by atoms with Crippen LogP contribution >= 0.6 is 50.9 Å². The van der Waals surface area contributed by atoms with Crippen molar-refractivity contribution < 1.29 is 9.59 Å². The highest BCUT2D eigenvalue weighted by molar-refractivity contribution is 9.10. The van der Waals surface area contributed by atoms with Crippen LogP contribution < -0.4 is 5.32 Å².